The standard InChI is InChI=1S/C12H25N3O2S/c1-14-7-3-8-15(10-9-14)18(16,17)11-2-6-13-12-4-5-12/h12-13H,2-11H2,1H3. The summed E-state index contributed by atoms with van der Waals surface area (Å²) in [5.41, 5.74) is 0. The van der Waals surface area contributed by atoms with Crippen LogP contribution in [-0.2, 0) is 10.0 Å². The van der Waals surface area contributed by atoms with E-state index >= 15 is 0 Å². The summed E-state index contributed by atoms with van der Waals surface area (Å²) in [6.45, 7) is 4.00. The number of hydrogen-bond donors (Lipinski definition) is 1. The van der Waals surface area contributed by atoms with Gasteiger partial charge in [-0.05, 0) is 45.8 Å². The summed E-state index contributed by atoms with van der Waals surface area (Å²) in [6.07, 6.45) is 4.18. The summed E-state index contributed by atoms with van der Waals surface area (Å²) in [5, 5.41) is 3.36. The monoisotopic (exact) mass is 275 g/mol. The topological polar surface area (TPSA) is 52.7 Å². The first kappa shape index (κ1) is 14.2. The third-order valence-corrected chi connectivity index (χ3v) is 5.62. The number of likely N-dealkylation sites (N-methyl/N-ethyl adjacent to an activating group) is 1. The number of hydrogen-bond acceptors (Lipinski definition) is 4. The fourth-order valence-corrected chi connectivity index (χ4v) is 3.81. The van der Waals surface area contributed by atoms with Crippen molar-refractivity contribution in [3.05, 3.63) is 0 Å². The van der Waals surface area contributed by atoms with Gasteiger partial charge in [0.15, 0.2) is 0 Å². The van der Waals surface area contributed by atoms with Gasteiger partial charge < -0.3 is 10.2 Å². The third kappa shape index (κ3) is 4.50. The fraction of sp³-hybridized carbons (Fsp3) is 1.00. The van der Waals surface area contributed by atoms with Crippen LogP contribution in [0, 0.1) is 0 Å². The molecule has 1 heterocycles. The Hall–Kier alpha value is -0.170. The predicted molar refractivity (Wildman–Crippen MR) is 73.1 cm³/mol. The second-order valence-electron chi connectivity index (χ2n) is 5.45. The molecular formula is C12H25N3O2S. The average Bonchev–Trinajstić information content (AvgIpc) is 3.12. The predicted octanol–water partition coefficient (Wildman–Crippen LogP) is 0.0958. The van der Waals surface area contributed by atoms with Crippen molar-refractivity contribution in [2.24, 2.45) is 0 Å². The maximum atomic E-state index is 12.2. The van der Waals surface area contributed by atoms with Gasteiger partial charge in [0.05, 0.1) is 5.75 Å². The normalized spacial score (nSPS) is 24.1. The highest BCUT2D eigenvalue weighted by Crippen LogP contribution is 2.18. The Bertz CT molecular complexity index is 354. The molecule has 0 unspecified atom stereocenters. The smallest absolute Gasteiger partial charge is 0.214 e. The van der Waals surface area contributed by atoms with Gasteiger partial charge in [-0.25, -0.2) is 12.7 Å². The molecule has 5 nitrogen and oxygen atoms in total. The van der Waals surface area contributed by atoms with Gasteiger partial charge in [0.1, 0.15) is 0 Å². The van der Waals surface area contributed by atoms with Crippen LogP contribution in [0.5, 0.6) is 0 Å². The molecule has 0 aromatic heterocycles. The molecule has 2 aliphatic rings. The molecule has 6 heteroatoms. The highest BCUT2D eigenvalue weighted by Gasteiger charge is 2.24. The zero-order chi connectivity index (χ0) is 13.0. The van der Waals surface area contributed by atoms with Crippen molar-refractivity contribution in [3.8, 4) is 0 Å². The van der Waals surface area contributed by atoms with Gasteiger partial charge in [0, 0.05) is 25.7 Å². The van der Waals surface area contributed by atoms with Gasteiger partial charge in [-0.1, -0.05) is 0 Å². The number of sulfonamides is 1. The van der Waals surface area contributed by atoms with E-state index in [4.69, 9.17) is 0 Å². The first-order valence-electron chi connectivity index (χ1n) is 6.98. The molecule has 0 aromatic rings. The summed E-state index contributed by atoms with van der Waals surface area (Å²) in [5.74, 6) is 0.288. The summed E-state index contributed by atoms with van der Waals surface area (Å²) >= 11 is 0. The quantitative estimate of drug-likeness (QED) is 0.698. The van der Waals surface area contributed by atoms with E-state index < -0.39 is 10.0 Å². The third-order valence-electron chi connectivity index (χ3n) is 3.66. The molecule has 1 saturated heterocycles. The second-order valence-corrected chi connectivity index (χ2v) is 7.54. The van der Waals surface area contributed by atoms with Crippen LogP contribution in [0.15, 0.2) is 0 Å². The Kier molecular flexibility index (Phi) is 5.00. The first-order valence-corrected chi connectivity index (χ1v) is 8.58. The SMILES string of the molecule is CN1CCCN(S(=O)(=O)CCCNC2CC2)CC1. The van der Waals surface area contributed by atoms with Crippen molar-refractivity contribution in [1.29, 1.82) is 0 Å². The lowest BCUT2D eigenvalue weighted by Gasteiger charge is -2.20. The van der Waals surface area contributed by atoms with Crippen LogP contribution < -0.4 is 5.32 Å². The average molecular weight is 275 g/mol. The molecule has 0 bridgehead atoms. The van der Waals surface area contributed by atoms with E-state index in [0.29, 0.717) is 19.1 Å². The summed E-state index contributed by atoms with van der Waals surface area (Å²) in [4.78, 5) is 2.20. The Morgan fingerprint density at radius 3 is 2.67 bits per heavy atom. The number of nitrogens with zero attached hydrogens (tertiary/aromatic N) is 2. The van der Waals surface area contributed by atoms with Crippen LogP contribution in [0.1, 0.15) is 25.7 Å². The van der Waals surface area contributed by atoms with Crippen LogP contribution in [-0.4, -0.2) is 69.2 Å². The molecule has 2 fully saturated rings. The lowest BCUT2D eigenvalue weighted by molar-refractivity contribution is 0.347. The molecule has 18 heavy (non-hydrogen) atoms. The van der Waals surface area contributed by atoms with E-state index in [-0.39, 0.29) is 5.75 Å². The van der Waals surface area contributed by atoms with E-state index in [1.165, 1.54) is 12.8 Å². The van der Waals surface area contributed by atoms with Crippen molar-refractivity contribution in [1.82, 2.24) is 14.5 Å². The van der Waals surface area contributed by atoms with E-state index in [9.17, 15) is 8.42 Å². The van der Waals surface area contributed by atoms with Crippen LogP contribution in [0.2, 0.25) is 0 Å². The first-order chi connectivity index (χ1) is 8.58. The van der Waals surface area contributed by atoms with Crippen molar-refractivity contribution >= 4 is 10.0 Å². The molecular weight excluding hydrogens is 250 g/mol. The van der Waals surface area contributed by atoms with Crippen LogP contribution in [0.3, 0.4) is 0 Å². The highest BCUT2D eigenvalue weighted by atomic mass is 32.2. The molecule has 1 aliphatic carbocycles. The largest absolute Gasteiger partial charge is 0.314 e. The summed E-state index contributed by atoms with van der Waals surface area (Å²) in [7, 11) is -0.990. The van der Waals surface area contributed by atoms with E-state index in [1.54, 1.807) is 4.31 Å². The molecule has 0 spiro atoms. The van der Waals surface area contributed by atoms with Gasteiger partial charge in [-0.2, -0.15) is 0 Å². The van der Waals surface area contributed by atoms with Gasteiger partial charge in [-0.3, -0.25) is 0 Å². The molecule has 2 rings (SSSR count). The van der Waals surface area contributed by atoms with E-state index in [0.717, 1.165) is 32.5 Å². The molecule has 0 radical (unpaired) electrons. The number of nitrogens with one attached hydrogen (secondary N) is 1. The van der Waals surface area contributed by atoms with E-state index in [1.807, 2.05) is 0 Å². The Labute approximate surface area is 111 Å². The maximum absolute atomic E-state index is 12.2. The van der Waals surface area contributed by atoms with Gasteiger partial charge in [0.25, 0.3) is 0 Å². The fourth-order valence-electron chi connectivity index (χ4n) is 2.28. The minimum absolute atomic E-state index is 0.288. The summed E-state index contributed by atoms with van der Waals surface area (Å²) in [6, 6.07) is 0.666. The van der Waals surface area contributed by atoms with Crippen LogP contribution in [0.4, 0.5) is 0 Å². The van der Waals surface area contributed by atoms with Gasteiger partial charge in [0.2, 0.25) is 10.0 Å². The van der Waals surface area contributed by atoms with Crippen molar-refractivity contribution in [3.63, 3.8) is 0 Å². The summed E-state index contributed by atoms with van der Waals surface area (Å²) < 4.78 is 26.0. The number of rotatable bonds is 6. The van der Waals surface area contributed by atoms with Gasteiger partial charge in [-0.15, -0.1) is 0 Å². The van der Waals surface area contributed by atoms with Crippen molar-refractivity contribution < 1.29 is 8.42 Å². The minimum atomic E-state index is -3.04. The molecule has 1 aliphatic heterocycles. The molecule has 0 aromatic carbocycles. The Morgan fingerprint density at radius 1 is 1.17 bits per heavy atom. The van der Waals surface area contributed by atoms with Crippen LogP contribution >= 0.6 is 0 Å². The Morgan fingerprint density at radius 2 is 1.94 bits per heavy atom. The lowest BCUT2D eigenvalue weighted by atomic mass is 10.4. The highest BCUT2D eigenvalue weighted by molar-refractivity contribution is 7.89. The molecule has 0 atom stereocenters. The lowest BCUT2D eigenvalue weighted by Crippen LogP contribution is -2.36. The molecule has 1 saturated carbocycles. The van der Waals surface area contributed by atoms with Gasteiger partial charge >= 0.3 is 0 Å². The van der Waals surface area contributed by atoms with Crippen molar-refractivity contribution in [2.45, 2.75) is 31.7 Å². The van der Waals surface area contributed by atoms with E-state index in [2.05, 4.69) is 17.3 Å². The minimum Gasteiger partial charge on any atom is -0.314 e. The zero-order valence-electron chi connectivity index (χ0n) is 11.3. The van der Waals surface area contributed by atoms with Crippen molar-refractivity contribution in [2.75, 3.05) is 45.5 Å². The van der Waals surface area contributed by atoms with Crippen LogP contribution in [0.25, 0.3) is 0 Å². The molecule has 106 valence electrons. The maximum Gasteiger partial charge on any atom is 0.214 e. The Balaban J connectivity index is 1.73. The second kappa shape index (κ2) is 6.32. The molecule has 1 N–H and O–H groups in total. The molecule has 0 amide bonds. The zero-order valence-corrected chi connectivity index (χ0v) is 12.1.